The van der Waals surface area contributed by atoms with E-state index in [2.05, 4.69) is 0 Å². The molecular weight excluding hydrogens is 244 g/mol. The maximum Gasteiger partial charge on any atom is 0.223 e. The van der Waals surface area contributed by atoms with Gasteiger partial charge in [-0.15, -0.1) is 0 Å². The van der Waals surface area contributed by atoms with Crippen LogP contribution in [0.1, 0.15) is 25.8 Å². The largest absolute Gasteiger partial charge is 0.399 e. The second-order valence-electron chi connectivity index (χ2n) is 4.60. The van der Waals surface area contributed by atoms with Crippen molar-refractivity contribution >= 4 is 23.4 Å². The number of carbonyl (C=O) groups is 1. The Kier molecular flexibility index (Phi) is 6.05. The molecule has 1 rings (SSSR count). The standard InChI is InChI=1S/C14H22N2OS/c1-11(2)16(14(17)8-9-18-3)10-12-4-6-13(15)7-5-12/h4-7,11H,8-10,15H2,1-3H3. The van der Waals surface area contributed by atoms with E-state index in [0.29, 0.717) is 13.0 Å². The van der Waals surface area contributed by atoms with E-state index < -0.39 is 0 Å². The van der Waals surface area contributed by atoms with Crippen molar-refractivity contribution in [1.82, 2.24) is 4.90 Å². The van der Waals surface area contributed by atoms with Gasteiger partial charge < -0.3 is 10.6 Å². The Labute approximate surface area is 114 Å². The average molecular weight is 266 g/mol. The fourth-order valence-corrected chi connectivity index (χ4v) is 2.09. The van der Waals surface area contributed by atoms with Crippen LogP contribution >= 0.6 is 11.8 Å². The minimum absolute atomic E-state index is 0.219. The van der Waals surface area contributed by atoms with E-state index in [0.717, 1.165) is 17.0 Å². The van der Waals surface area contributed by atoms with Crippen molar-refractivity contribution in [2.75, 3.05) is 17.7 Å². The summed E-state index contributed by atoms with van der Waals surface area (Å²) in [6.07, 6.45) is 2.63. The van der Waals surface area contributed by atoms with Crippen LogP contribution in [-0.2, 0) is 11.3 Å². The van der Waals surface area contributed by atoms with Gasteiger partial charge in [0.2, 0.25) is 5.91 Å². The number of hydrogen-bond acceptors (Lipinski definition) is 3. The van der Waals surface area contributed by atoms with Crippen LogP contribution in [0.2, 0.25) is 0 Å². The summed E-state index contributed by atoms with van der Waals surface area (Å²) in [5, 5.41) is 0. The van der Waals surface area contributed by atoms with Crippen LogP contribution in [0.15, 0.2) is 24.3 Å². The van der Waals surface area contributed by atoms with Crippen LogP contribution < -0.4 is 5.73 Å². The molecule has 1 aromatic carbocycles. The molecule has 0 bridgehead atoms. The fourth-order valence-electron chi connectivity index (χ4n) is 1.71. The molecule has 0 aliphatic carbocycles. The van der Waals surface area contributed by atoms with Crippen molar-refractivity contribution in [3.05, 3.63) is 29.8 Å². The smallest absolute Gasteiger partial charge is 0.223 e. The number of anilines is 1. The molecule has 0 unspecified atom stereocenters. The van der Waals surface area contributed by atoms with Crippen molar-refractivity contribution in [1.29, 1.82) is 0 Å². The molecule has 100 valence electrons. The Hall–Kier alpha value is -1.16. The monoisotopic (exact) mass is 266 g/mol. The SMILES string of the molecule is CSCCC(=O)N(Cc1ccc(N)cc1)C(C)C. The van der Waals surface area contributed by atoms with Gasteiger partial charge in [0.25, 0.3) is 0 Å². The summed E-state index contributed by atoms with van der Waals surface area (Å²) in [5.74, 6) is 1.10. The molecular formula is C14H22N2OS. The molecule has 0 aliphatic rings. The number of benzene rings is 1. The zero-order valence-electron chi connectivity index (χ0n) is 11.3. The molecule has 0 aromatic heterocycles. The van der Waals surface area contributed by atoms with Crippen molar-refractivity contribution in [3.63, 3.8) is 0 Å². The Morgan fingerprint density at radius 1 is 1.33 bits per heavy atom. The van der Waals surface area contributed by atoms with E-state index in [1.165, 1.54) is 0 Å². The van der Waals surface area contributed by atoms with Gasteiger partial charge in [-0.25, -0.2) is 0 Å². The van der Waals surface area contributed by atoms with Crippen molar-refractivity contribution in [2.24, 2.45) is 0 Å². The highest BCUT2D eigenvalue weighted by atomic mass is 32.2. The third-order valence-electron chi connectivity index (χ3n) is 2.80. The molecule has 18 heavy (non-hydrogen) atoms. The average Bonchev–Trinajstić information content (AvgIpc) is 2.34. The summed E-state index contributed by atoms with van der Waals surface area (Å²) in [6, 6.07) is 7.93. The van der Waals surface area contributed by atoms with Crippen LogP contribution in [0.5, 0.6) is 0 Å². The first-order chi connectivity index (χ1) is 8.54. The molecule has 0 radical (unpaired) electrons. The fraction of sp³-hybridized carbons (Fsp3) is 0.500. The van der Waals surface area contributed by atoms with Crippen LogP contribution in [0.3, 0.4) is 0 Å². The predicted octanol–water partition coefficient (Wildman–Crippen LogP) is 2.76. The number of nitrogens with zero attached hydrogens (tertiary/aromatic N) is 1. The summed E-state index contributed by atoms with van der Waals surface area (Å²) >= 11 is 1.70. The predicted molar refractivity (Wildman–Crippen MR) is 79.5 cm³/mol. The third kappa shape index (κ3) is 4.61. The number of nitrogen functional groups attached to an aromatic ring is 1. The second kappa shape index (κ2) is 7.31. The van der Waals surface area contributed by atoms with Gasteiger partial charge >= 0.3 is 0 Å². The molecule has 0 fully saturated rings. The lowest BCUT2D eigenvalue weighted by molar-refractivity contribution is -0.133. The number of nitrogens with two attached hydrogens (primary N) is 1. The maximum absolute atomic E-state index is 12.1. The van der Waals surface area contributed by atoms with Crippen molar-refractivity contribution in [3.8, 4) is 0 Å². The molecule has 4 heteroatoms. The maximum atomic E-state index is 12.1. The first-order valence-electron chi connectivity index (χ1n) is 6.17. The Bertz CT molecular complexity index is 376. The van der Waals surface area contributed by atoms with Gasteiger partial charge in [0.15, 0.2) is 0 Å². The zero-order valence-corrected chi connectivity index (χ0v) is 12.2. The van der Waals surface area contributed by atoms with Gasteiger partial charge in [-0.3, -0.25) is 4.79 Å². The Balaban J connectivity index is 2.68. The molecule has 1 amide bonds. The normalized spacial score (nSPS) is 10.7. The molecule has 0 aliphatic heterocycles. The highest BCUT2D eigenvalue weighted by Gasteiger charge is 2.16. The van der Waals surface area contributed by atoms with E-state index in [1.807, 2.05) is 49.3 Å². The summed E-state index contributed by atoms with van der Waals surface area (Å²) in [5.41, 5.74) is 7.53. The van der Waals surface area contributed by atoms with Crippen LogP contribution in [-0.4, -0.2) is 28.9 Å². The second-order valence-corrected chi connectivity index (χ2v) is 5.59. The summed E-state index contributed by atoms with van der Waals surface area (Å²) in [7, 11) is 0. The molecule has 0 atom stereocenters. The Morgan fingerprint density at radius 2 is 1.94 bits per heavy atom. The number of rotatable bonds is 6. The topological polar surface area (TPSA) is 46.3 Å². The number of amides is 1. The van der Waals surface area contributed by atoms with Gasteiger partial charge in [0.1, 0.15) is 0 Å². The van der Waals surface area contributed by atoms with E-state index >= 15 is 0 Å². The van der Waals surface area contributed by atoms with E-state index in [4.69, 9.17) is 5.73 Å². The molecule has 0 saturated carbocycles. The number of carbonyl (C=O) groups excluding carboxylic acids is 1. The number of thioether (sulfide) groups is 1. The number of hydrogen-bond donors (Lipinski definition) is 1. The first kappa shape index (κ1) is 14.9. The molecule has 0 saturated heterocycles. The van der Waals surface area contributed by atoms with Gasteiger partial charge in [0.05, 0.1) is 0 Å². The van der Waals surface area contributed by atoms with Gasteiger partial charge in [-0.05, 0) is 37.8 Å². The molecule has 2 N–H and O–H groups in total. The molecule has 0 heterocycles. The highest BCUT2D eigenvalue weighted by Crippen LogP contribution is 2.13. The van der Waals surface area contributed by atoms with Crippen LogP contribution in [0.25, 0.3) is 0 Å². The van der Waals surface area contributed by atoms with E-state index in [1.54, 1.807) is 11.8 Å². The summed E-state index contributed by atoms with van der Waals surface area (Å²) < 4.78 is 0. The first-order valence-corrected chi connectivity index (χ1v) is 7.56. The lowest BCUT2D eigenvalue weighted by Gasteiger charge is -2.27. The van der Waals surface area contributed by atoms with E-state index in [-0.39, 0.29) is 11.9 Å². The molecule has 0 spiro atoms. The third-order valence-corrected chi connectivity index (χ3v) is 3.41. The zero-order chi connectivity index (χ0) is 13.5. The minimum Gasteiger partial charge on any atom is -0.399 e. The molecule has 1 aromatic rings. The summed E-state index contributed by atoms with van der Waals surface area (Å²) in [4.78, 5) is 14.0. The van der Waals surface area contributed by atoms with Gasteiger partial charge in [0, 0.05) is 30.4 Å². The lowest BCUT2D eigenvalue weighted by Crippen LogP contribution is -2.36. The minimum atomic E-state index is 0.219. The van der Waals surface area contributed by atoms with E-state index in [9.17, 15) is 4.79 Å². The quantitative estimate of drug-likeness (QED) is 0.805. The molecule has 3 nitrogen and oxygen atoms in total. The Morgan fingerprint density at radius 3 is 2.44 bits per heavy atom. The highest BCUT2D eigenvalue weighted by molar-refractivity contribution is 7.98. The lowest BCUT2D eigenvalue weighted by atomic mass is 10.1. The van der Waals surface area contributed by atoms with Crippen LogP contribution in [0.4, 0.5) is 5.69 Å². The van der Waals surface area contributed by atoms with Crippen molar-refractivity contribution in [2.45, 2.75) is 32.9 Å². The van der Waals surface area contributed by atoms with Crippen molar-refractivity contribution < 1.29 is 4.79 Å². The summed E-state index contributed by atoms with van der Waals surface area (Å²) in [6.45, 7) is 4.76. The van der Waals surface area contributed by atoms with Gasteiger partial charge in [-0.2, -0.15) is 11.8 Å². The van der Waals surface area contributed by atoms with Gasteiger partial charge in [-0.1, -0.05) is 12.1 Å². The van der Waals surface area contributed by atoms with Crippen LogP contribution in [0, 0.1) is 0 Å².